The highest BCUT2D eigenvalue weighted by atomic mass is 32.2. The Hall–Kier alpha value is -1.64. The van der Waals surface area contributed by atoms with Crippen LogP contribution in [-0.2, 0) is 24.1 Å². The van der Waals surface area contributed by atoms with Gasteiger partial charge in [0.2, 0.25) is 10.0 Å². The number of aryl methyl sites for hydroxylation is 2. The van der Waals surface area contributed by atoms with Crippen LogP contribution in [0.4, 0.5) is 0 Å². The van der Waals surface area contributed by atoms with E-state index in [-0.39, 0.29) is 10.6 Å². The van der Waals surface area contributed by atoms with E-state index in [0.717, 1.165) is 30.8 Å². The molecular formula is C18H26N4O3S. The number of rotatable bonds is 5. The van der Waals surface area contributed by atoms with E-state index in [2.05, 4.69) is 5.32 Å². The molecule has 2 aromatic rings. The van der Waals surface area contributed by atoms with Crippen molar-refractivity contribution in [2.45, 2.75) is 36.6 Å². The molecule has 0 bridgehead atoms. The van der Waals surface area contributed by atoms with Gasteiger partial charge in [0.15, 0.2) is 0 Å². The van der Waals surface area contributed by atoms with E-state index in [4.69, 9.17) is 0 Å². The minimum atomic E-state index is -3.54. The quantitative estimate of drug-likeness (QED) is 0.843. The summed E-state index contributed by atoms with van der Waals surface area (Å²) >= 11 is 0. The highest BCUT2D eigenvalue weighted by Gasteiger charge is 2.30. The van der Waals surface area contributed by atoms with Crippen molar-refractivity contribution in [2.75, 3.05) is 19.6 Å². The van der Waals surface area contributed by atoms with Crippen LogP contribution in [0.3, 0.4) is 0 Å². The molecule has 8 heteroatoms. The third-order valence-electron chi connectivity index (χ3n) is 5.73. The van der Waals surface area contributed by atoms with Gasteiger partial charge in [-0.05, 0) is 56.3 Å². The molecule has 0 amide bonds. The average molecular weight is 378 g/mol. The molecule has 1 aromatic heterocycles. The third kappa shape index (κ3) is 3.10. The van der Waals surface area contributed by atoms with Gasteiger partial charge in [-0.3, -0.25) is 9.13 Å². The van der Waals surface area contributed by atoms with E-state index in [9.17, 15) is 13.2 Å². The topological polar surface area (TPSA) is 76.3 Å². The second-order valence-corrected chi connectivity index (χ2v) is 9.52. The first-order chi connectivity index (χ1) is 12.4. The predicted molar refractivity (Wildman–Crippen MR) is 101 cm³/mol. The summed E-state index contributed by atoms with van der Waals surface area (Å²) in [6, 6.07) is 5.35. The molecule has 1 aliphatic carbocycles. The number of hydrogen-bond donors (Lipinski definition) is 1. The number of aromatic nitrogens is 2. The van der Waals surface area contributed by atoms with E-state index < -0.39 is 10.0 Å². The number of hydrogen-bond acceptors (Lipinski definition) is 4. The molecule has 142 valence electrons. The number of fused-ring (bicyclic) bond motifs is 1. The van der Waals surface area contributed by atoms with Crippen LogP contribution in [0.2, 0.25) is 0 Å². The monoisotopic (exact) mass is 378 g/mol. The Morgan fingerprint density at radius 3 is 2.35 bits per heavy atom. The highest BCUT2D eigenvalue weighted by Crippen LogP contribution is 2.28. The molecule has 1 N–H and O–H groups in total. The van der Waals surface area contributed by atoms with Gasteiger partial charge in [-0.2, -0.15) is 4.31 Å². The Labute approximate surface area is 153 Å². The lowest BCUT2D eigenvalue weighted by molar-refractivity contribution is 0.288. The Bertz CT molecular complexity index is 980. The van der Waals surface area contributed by atoms with Crippen LogP contribution in [0.15, 0.2) is 27.9 Å². The Morgan fingerprint density at radius 2 is 1.69 bits per heavy atom. The minimum absolute atomic E-state index is 0.155. The molecule has 0 spiro atoms. The zero-order valence-corrected chi connectivity index (χ0v) is 16.1. The second-order valence-electron chi connectivity index (χ2n) is 7.58. The van der Waals surface area contributed by atoms with Gasteiger partial charge in [-0.25, -0.2) is 13.2 Å². The highest BCUT2D eigenvalue weighted by molar-refractivity contribution is 7.89. The number of sulfonamides is 1. The number of benzene rings is 1. The van der Waals surface area contributed by atoms with E-state index in [0.29, 0.717) is 24.6 Å². The maximum atomic E-state index is 13.0. The van der Waals surface area contributed by atoms with Gasteiger partial charge in [0.05, 0.1) is 15.9 Å². The molecule has 0 radical (unpaired) electrons. The zero-order chi connectivity index (χ0) is 18.5. The van der Waals surface area contributed by atoms with E-state index in [1.54, 1.807) is 36.6 Å². The minimum Gasteiger partial charge on any atom is -0.314 e. The first-order valence-electron chi connectivity index (χ1n) is 9.27. The van der Waals surface area contributed by atoms with Crippen LogP contribution in [0.25, 0.3) is 11.0 Å². The molecule has 2 fully saturated rings. The summed E-state index contributed by atoms with van der Waals surface area (Å²) in [7, 11) is -0.178. The number of imidazole rings is 1. The number of nitrogens with one attached hydrogen (secondary N) is 1. The summed E-state index contributed by atoms with van der Waals surface area (Å²) in [5.41, 5.74) is 1.22. The van der Waals surface area contributed by atoms with Gasteiger partial charge >= 0.3 is 5.69 Å². The van der Waals surface area contributed by atoms with E-state index in [1.807, 2.05) is 0 Å². The van der Waals surface area contributed by atoms with Gasteiger partial charge in [0, 0.05) is 33.2 Å². The van der Waals surface area contributed by atoms with Crippen molar-refractivity contribution >= 4 is 21.1 Å². The summed E-state index contributed by atoms with van der Waals surface area (Å²) in [5.74, 6) is 0.834. The molecule has 1 aromatic carbocycles. The van der Waals surface area contributed by atoms with Crippen molar-refractivity contribution in [3.05, 3.63) is 28.7 Å². The van der Waals surface area contributed by atoms with Crippen molar-refractivity contribution in [3.8, 4) is 0 Å². The Morgan fingerprint density at radius 1 is 1.04 bits per heavy atom. The smallest absolute Gasteiger partial charge is 0.314 e. The summed E-state index contributed by atoms with van der Waals surface area (Å²) < 4.78 is 30.6. The lowest BCUT2D eigenvalue weighted by Crippen LogP contribution is -2.45. The molecule has 1 saturated heterocycles. The van der Waals surface area contributed by atoms with Crippen LogP contribution in [0, 0.1) is 5.92 Å². The number of piperidine rings is 1. The normalized spacial score (nSPS) is 20.1. The molecule has 2 heterocycles. The maximum absolute atomic E-state index is 13.0. The third-order valence-corrected chi connectivity index (χ3v) is 7.62. The van der Waals surface area contributed by atoms with Gasteiger partial charge < -0.3 is 5.32 Å². The summed E-state index contributed by atoms with van der Waals surface area (Å²) in [6.07, 6.45) is 4.34. The van der Waals surface area contributed by atoms with E-state index in [1.165, 1.54) is 22.0 Å². The molecule has 4 rings (SSSR count). The molecule has 1 aliphatic heterocycles. The van der Waals surface area contributed by atoms with Crippen LogP contribution >= 0.6 is 0 Å². The van der Waals surface area contributed by atoms with Crippen LogP contribution < -0.4 is 11.0 Å². The van der Waals surface area contributed by atoms with Crippen molar-refractivity contribution in [1.29, 1.82) is 0 Å². The standard InChI is InChI=1S/C18H26N4O3S/c1-20-16-6-5-15(11-17(16)21(2)18(20)23)26(24,25)22-9-7-14(8-10-22)19-12-13-3-4-13/h5-6,11,13-14,19H,3-4,7-10,12H2,1-2H3. The summed E-state index contributed by atoms with van der Waals surface area (Å²) in [6.45, 7) is 2.14. The molecule has 0 atom stereocenters. The molecular weight excluding hydrogens is 352 g/mol. The lowest BCUT2D eigenvalue weighted by atomic mass is 10.1. The van der Waals surface area contributed by atoms with Crippen LogP contribution in [-0.4, -0.2) is 47.5 Å². The maximum Gasteiger partial charge on any atom is 0.328 e. The van der Waals surface area contributed by atoms with Gasteiger partial charge in [0.25, 0.3) is 0 Å². The zero-order valence-electron chi connectivity index (χ0n) is 15.3. The predicted octanol–water partition coefficient (Wildman–Crippen LogP) is 1.03. The largest absolute Gasteiger partial charge is 0.328 e. The Kier molecular flexibility index (Phi) is 4.45. The van der Waals surface area contributed by atoms with Gasteiger partial charge in [-0.15, -0.1) is 0 Å². The first kappa shape index (κ1) is 17.8. The van der Waals surface area contributed by atoms with E-state index >= 15 is 0 Å². The lowest BCUT2D eigenvalue weighted by Gasteiger charge is -2.31. The fraction of sp³-hybridized carbons (Fsp3) is 0.611. The molecule has 7 nitrogen and oxygen atoms in total. The van der Waals surface area contributed by atoms with Crippen LogP contribution in [0.1, 0.15) is 25.7 Å². The average Bonchev–Trinajstić information content (AvgIpc) is 3.45. The summed E-state index contributed by atoms with van der Waals surface area (Å²) in [4.78, 5) is 12.3. The molecule has 26 heavy (non-hydrogen) atoms. The molecule has 0 unspecified atom stereocenters. The molecule has 2 aliphatic rings. The summed E-state index contributed by atoms with van der Waals surface area (Å²) in [5, 5.41) is 3.57. The molecule has 1 saturated carbocycles. The van der Waals surface area contributed by atoms with Crippen molar-refractivity contribution < 1.29 is 8.42 Å². The fourth-order valence-corrected chi connectivity index (χ4v) is 5.24. The first-order valence-corrected chi connectivity index (χ1v) is 10.7. The van der Waals surface area contributed by atoms with Gasteiger partial charge in [-0.1, -0.05) is 0 Å². The second kappa shape index (κ2) is 6.51. The number of nitrogens with zero attached hydrogens (tertiary/aromatic N) is 3. The van der Waals surface area contributed by atoms with Crippen molar-refractivity contribution in [3.63, 3.8) is 0 Å². The Balaban J connectivity index is 1.52. The van der Waals surface area contributed by atoms with Crippen LogP contribution in [0.5, 0.6) is 0 Å². The van der Waals surface area contributed by atoms with Gasteiger partial charge in [0.1, 0.15) is 0 Å². The van der Waals surface area contributed by atoms with Crippen molar-refractivity contribution in [2.24, 2.45) is 20.0 Å². The fourth-order valence-electron chi connectivity index (χ4n) is 3.75. The van der Waals surface area contributed by atoms with Crippen molar-refractivity contribution in [1.82, 2.24) is 18.8 Å². The SMILES string of the molecule is Cn1c(=O)n(C)c2cc(S(=O)(=O)N3CCC(NCC4CC4)CC3)ccc21.